The summed E-state index contributed by atoms with van der Waals surface area (Å²) in [4.78, 5) is 8.73. The van der Waals surface area contributed by atoms with Crippen molar-refractivity contribution in [3.8, 4) is 0 Å². The number of rotatable bonds is 11. The maximum absolute atomic E-state index is 7.53. The number of piperidine rings is 1. The molecule has 3 aromatic rings. The Bertz CT molecular complexity index is 1620. The number of nitrogens with zero attached hydrogens (tertiary/aromatic N) is 2. The summed E-state index contributed by atoms with van der Waals surface area (Å²) in [6.45, 7) is 11.6. The molecule has 10 N–H and O–H groups in total. The van der Waals surface area contributed by atoms with Gasteiger partial charge in [0.2, 0.25) is 0 Å². The van der Waals surface area contributed by atoms with Crippen molar-refractivity contribution in [2.75, 3.05) is 90.5 Å². The number of alkyl halides is 1. The number of hydrogen-bond acceptors (Lipinski definition) is 10. The summed E-state index contributed by atoms with van der Waals surface area (Å²) in [7, 11) is 2.35. The molecule has 1 aromatic heterocycles. The largest absolute Gasteiger partial charge is 0.369 e. The van der Waals surface area contributed by atoms with Gasteiger partial charge >= 0.3 is 0 Å². The molecule has 1 aliphatic carbocycles. The van der Waals surface area contributed by atoms with Crippen LogP contribution in [-0.4, -0.2) is 130 Å². The standard InChI is InChI=1S/C46H75ClN10S/c1-56-32-37(9-4-5-19-48)54-29-36(10-6-20-49)53-27-34-8-7-21-52-46(34)58-45-42(31-51-30-39(56)26-35-28-55-44-12-3-2-11-41(35)44)40(17-18-43(45)47)33-13-15-38(16-14-33)57-24-22-50-23-25-57/h2-3,11-16,28,34,36-37,39-40,42-43,45-46,50-55H,4-10,17-27,29-32,48-49H2,1H3/t34?,36-,37-,39-,40?,42?,43?,45?,46?/m0/s1. The molecular formula is C46H75ClN10S. The van der Waals surface area contributed by atoms with Crippen molar-refractivity contribution in [1.29, 1.82) is 0 Å². The lowest BCUT2D eigenvalue weighted by atomic mass is 9.74. The van der Waals surface area contributed by atoms with Gasteiger partial charge in [-0.25, -0.2) is 0 Å². The van der Waals surface area contributed by atoms with Gasteiger partial charge in [0, 0.05) is 104 Å². The highest BCUT2D eigenvalue weighted by Crippen LogP contribution is 2.47. The quantitative estimate of drug-likeness (QED) is 0.0983. The number of unbranched alkanes of at least 4 members (excludes halogenated alkanes) is 1. The summed E-state index contributed by atoms with van der Waals surface area (Å²) in [5.74, 6) is 1.43. The van der Waals surface area contributed by atoms with E-state index in [1.54, 1.807) is 0 Å². The van der Waals surface area contributed by atoms with Gasteiger partial charge in [-0.1, -0.05) is 36.8 Å². The third-order valence-electron chi connectivity index (χ3n) is 13.8. The molecule has 0 radical (unpaired) electrons. The number of nitrogens with two attached hydrogens (primary N) is 2. The van der Waals surface area contributed by atoms with Crippen LogP contribution in [0.4, 0.5) is 5.69 Å². The minimum absolute atomic E-state index is 0.146. The number of halogens is 1. The van der Waals surface area contributed by atoms with E-state index in [2.05, 4.69) is 115 Å². The normalized spacial score (nSPS) is 31.4. The van der Waals surface area contributed by atoms with Crippen LogP contribution in [0.1, 0.15) is 74.8 Å². The van der Waals surface area contributed by atoms with Gasteiger partial charge < -0.3 is 52.8 Å². The lowest BCUT2D eigenvalue weighted by molar-refractivity contribution is 0.197. The molecule has 3 saturated heterocycles. The fraction of sp³-hybridized carbons (Fsp3) is 0.696. The van der Waals surface area contributed by atoms with Gasteiger partial charge in [0.05, 0.1) is 5.37 Å². The number of para-hydroxylation sites is 1. The Morgan fingerprint density at radius 2 is 1.59 bits per heavy atom. The molecule has 58 heavy (non-hydrogen) atoms. The van der Waals surface area contributed by atoms with Crippen molar-refractivity contribution in [3.05, 3.63) is 65.9 Å². The average Bonchev–Trinajstić information content (AvgIpc) is 3.67. The molecule has 4 heterocycles. The second-order valence-electron chi connectivity index (χ2n) is 17.8. The molecule has 322 valence electrons. The molecule has 12 heteroatoms. The Morgan fingerprint density at radius 1 is 0.793 bits per heavy atom. The highest BCUT2D eigenvalue weighted by Gasteiger charge is 2.42. The zero-order valence-electron chi connectivity index (χ0n) is 35.3. The molecule has 0 bridgehead atoms. The SMILES string of the molecule is CN1C[C@H](CCCCN)NC[C@H](CCCN)NCC2CCCNC2SC2C(Cl)CCC(c3ccc(N4CCNCC4)cc3)C2CNC[C@@H]1Cc1c[nH]c2ccccc12. The summed E-state index contributed by atoms with van der Waals surface area (Å²) in [6.07, 6.45) is 13.3. The molecule has 3 aliphatic heterocycles. The molecule has 7 rings (SSSR count). The predicted octanol–water partition coefficient (Wildman–Crippen LogP) is 5.04. The minimum Gasteiger partial charge on any atom is -0.369 e. The number of likely N-dealkylation sites (N-methyl/N-ethyl adjacent to an activating group) is 1. The van der Waals surface area contributed by atoms with Crippen molar-refractivity contribution in [2.45, 2.75) is 104 Å². The van der Waals surface area contributed by atoms with Gasteiger partial charge in [-0.2, -0.15) is 0 Å². The van der Waals surface area contributed by atoms with Gasteiger partial charge in [0.15, 0.2) is 0 Å². The Morgan fingerprint density at radius 3 is 2.41 bits per heavy atom. The molecule has 1 saturated carbocycles. The maximum atomic E-state index is 7.53. The highest BCUT2D eigenvalue weighted by molar-refractivity contribution is 8.00. The van der Waals surface area contributed by atoms with Crippen LogP contribution in [0.15, 0.2) is 54.7 Å². The fourth-order valence-corrected chi connectivity index (χ4v) is 12.6. The first-order valence-electron chi connectivity index (χ1n) is 22.9. The molecule has 0 amide bonds. The number of anilines is 1. The molecule has 6 unspecified atom stereocenters. The van der Waals surface area contributed by atoms with E-state index in [0.717, 1.165) is 130 Å². The smallest absolute Gasteiger partial charge is 0.0576 e. The number of nitrogens with one attached hydrogen (secondary N) is 6. The third-order valence-corrected chi connectivity index (χ3v) is 16.3. The van der Waals surface area contributed by atoms with E-state index in [9.17, 15) is 0 Å². The Hall–Kier alpha value is -1.90. The van der Waals surface area contributed by atoms with Crippen LogP contribution in [0, 0.1) is 11.8 Å². The molecule has 0 spiro atoms. The first-order valence-corrected chi connectivity index (χ1v) is 24.3. The second kappa shape index (κ2) is 22.8. The predicted molar refractivity (Wildman–Crippen MR) is 249 cm³/mol. The van der Waals surface area contributed by atoms with Crippen LogP contribution in [-0.2, 0) is 6.42 Å². The van der Waals surface area contributed by atoms with E-state index in [1.165, 1.54) is 40.6 Å². The van der Waals surface area contributed by atoms with E-state index in [4.69, 9.17) is 23.1 Å². The number of benzene rings is 2. The Labute approximate surface area is 358 Å². The minimum atomic E-state index is 0.146. The Balaban J connectivity index is 1.18. The van der Waals surface area contributed by atoms with E-state index in [-0.39, 0.29) is 5.38 Å². The third kappa shape index (κ3) is 11.9. The number of piperazine rings is 1. The van der Waals surface area contributed by atoms with E-state index in [1.807, 2.05) is 0 Å². The number of aromatic nitrogens is 1. The molecule has 9 atom stereocenters. The van der Waals surface area contributed by atoms with Gasteiger partial charge in [-0.3, -0.25) is 0 Å². The molecule has 2 aromatic carbocycles. The molecular weight excluding hydrogens is 760 g/mol. The van der Waals surface area contributed by atoms with Crippen LogP contribution in [0.2, 0.25) is 0 Å². The summed E-state index contributed by atoms with van der Waals surface area (Å²) < 4.78 is 0. The van der Waals surface area contributed by atoms with Crippen LogP contribution in [0.5, 0.6) is 0 Å². The molecule has 4 fully saturated rings. The van der Waals surface area contributed by atoms with Crippen molar-refractivity contribution in [1.82, 2.24) is 36.5 Å². The average molecular weight is 836 g/mol. The van der Waals surface area contributed by atoms with Crippen molar-refractivity contribution < 1.29 is 0 Å². The molecule has 4 aliphatic rings. The van der Waals surface area contributed by atoms with Crippen molar-refractivity contribution in [2.24, 2.45) is 23.3 Å². The van der Waals surface area contributed by atoms with Crippen LogP contribution in [0.3, 0.4) is 0 Å². The van der Waals surface area contributed by atoms with Gasteiger partial charge in [0.25, 0.3) is 0 Å². The number of aromatic amines is 1. The number of thioether (sulfide) groups is 1. The summed E-state index contributed by atoms with van der Waals surface area (Å²) in [5.41, 5.74) is 17.5. The number of H-pyrrole nitrogens is 1. The lowest BCUT2D eigenvalue weighted by Gasteiger charge is -2.45. The highest BCUT2D eigenvalue weighted by atomic mass is 35.5. The fourth-order valence-electron chi connectivity index (χ4n) is 10.3. The van der Waals surface area contributed by atoms with E-state index >= 15 is 0 Å². The van der Waals surface area contributed by atoms with Crippen LogP contribution >= 0.6 is 23.4 Å². The van der Waals surface area contributed by atoms with Gasteiger partial charge in [-0.15, -0.1) is 23.4 Å². The zero-order valence-corrected chi connectivity index (χ0v) is 36.9. The maximum Gasteiger partial charge on any atom is 0.0576 e. The first kappa shape index (κ1) is 44.2. The lowest BCUT2D eigenvalue weighted by Crippen LogP contribution is -2.51. The summed E-state index contributed by atoms with van der Waals surface area (Å²) >= 11 is 9.70. The first-order chi connectivity index (χ1) is 28.5. The van der Waals surface area contributed by atoms with E-state index in [0.29, 0.717) is 46.5 Å². The van der Waals surface area contributed by atoms with E-state index < -0.39 is 0 Å². The molecule has 10 nitrogen and oxygen atoms in total. The number of fused-ring (bicyclic) bond motifs is 3. The van der Waals surface area contributed by atoms with Crippen LogP contribution in [0.25, 0.3) is 10.9 Å². The zero-order chi connectivity index (χ0) is 40.1. The van der Waals surface area contributed by atoms with Crippen molar-refractivity contribution in [3.63, 3.8) is 0 Å². The monoisotopic (exact) mass is 835 g/mol. The summed E-state index contributed by atoms with van der Waals surface area (Å²) in [5, 5.41) is 22.0. The number of hydrogen-bond donors (Lipinski definition) is 8. The van der Waals surface area contributed by atoms with Gasteiger partial charge in [0.1, 0.15) is 0 Å². The summed E-state index contributed by atoms with van der Waals surface area (Å²) in [6, 6.07) is 19.5. The second-order valence-corrected chi connectivity index (χ2v) is 19.7. The Kier molecular flexibility index (Phi) is 17.4. The topological polar surface area (TPSA) is 134 Å². The van der Waals surface area contributed by atoms with Gasteiger partial charge in [-0.05, 0) is 138 Å². The van der Waals surface area contributed by atoms with Crippen molar-refractivity contribution >= 4 is 40.0 Å². The van der Waals surface area contributed by atoms with Crippen LogP contribution < -0.4 is 43.0 Å².